The molecule has 0 saturated heterocycles. The summed E-state index contributed by atoms with van der Waals surface area (Å²) in [4.78, 5) is 0. The normalized spacial score (nSPS) is 12.2. The SMILES string of the molecule is CC(Nc1ccc(Cl)cc1I)c1ccc(F)cc1. The van der Waals surface area contributed by atoms with Gasteiger partial charge in [0.25, 0.3) is 0 Å². The van der Waals surface area contributed by atoms with Crippen LogP contribution in [-0.4, -0.2) is 0 Å². The van der Waals surface area contributed by atoms with Gasteiger partial charge in [-0.25, -0.2) is 4.39 Å². The number of hydrogen-bond acceptors (Lipinski definition) is 1. The van der Waals surface area contributed by atoms with Gasteiger partial charge in [0, 0.05) is 20.3 Å². The molecule has 1 unspecified atom stereocenters. The van der Waals surface area contributed by atoms with Crippen molar-refractivity contribution in [3.05, 3.63) is 62.4 Å². The lowest BCUT2D eigenvalue weighted by Crippen LogP contribution is -2.07. The van der Waals surface area contributed by atoms with Gasteiger partial charge in [-0.15, -0.1) is 0 Å². The summed E-state index contributed by atoms with van der Waals surface area (Å²) in [5.74, 6) is -0.216. The first kappa shape index (κ1) is 13.6. The first-order valence-electron chi connectivity index (χ1n) is 5.53. The highest BCUT2D eigenvalue weighted by atomic mass is 127. The van der Waals surface area contributed by atoms with Gasteiger partial charge >= 0.3 is 0 Å². The fraction of sp³-hybridized carbons (Fsp3) is 0.143. The summed E-state index contributed by atoms with van der Waals surface area (Å²) >= 11 is 8.15. The zero-order valence-corrected chi connectivity index (χ0v) is 12.7. The number of anilines is 1. The molecule has 0 heterocycles. The Morgan fingerprint density at radius 2 is 1.83 bits per heavy atom. The lowest BCUT2D eigenvalue weighted by molar-refractivity contribution is 0.626. The van der Waals surface area contributed by atoms with Crippen LogP contribution in [0.15, 0.2) is 42.5 Å². The zero-order chi connectivity index (χ0) is 13.1. The third kappa shape index (κ3) is 3.36. The van der Waals surface area contributed by atoms with E-state index < -0.39 is 0 Å². The summed E-state index contributed by atoms with van der Waals surface area (Å²) in [5.41, 5.74) is 2.07. The van der Waals surface area contributed by atoms with Crippen LogP contribution in [0, 0.1) is 9.39 Å². The molecule has 18 heavy (non-hydrogen) atoms. The van der Waals surface area contributed by atoms with Crippen molar-refractivity contribution in [1.82, 2.24) is 0 Å². The predicted molar refractivity (Wildman–Crippen MR) is 82.6 cm³/mol. The molecule has 0 radical (unpaired) electrons. The second-order valence-electron chi connectivity index (χ2n) is 4.04. The molecule has 1 N–H and O–H groups in total. The highest BCUT2D eigenvalue weighted by Gasteiger charge is 2.07. The number of halogens is 3. The quantitative estimate of drug-likeness (QED) is 0.722. The molecule has 0 spiro atoms. The summed E-state index contributed by atoms with van der Waals surface area (Å²) < 4.78 is 13.9. The van der Waals surface area contributed by atoms with E-state index in [0.717, 1.165) is 19.8 Å². The van der Waals surface area contributed by atoms with Crippen LogP contribution in [-0.2, 0) is 0 Å². The molecule has 0 fully saturated rings. The van der Waals surface area contributed by atoms with E-state index in [2.05, 4.69) is 27.9 Å². The van der Waals surface area contributed by atoms with E-state index in [1.807, 2.05) is 25.1 Å². The Morgan fingerprint density at radius 1 is 1.17 bits per heavy atom. The van der Waals surface area contributed by atoms with Crippen molar-refractivity contribution < 1.29 is 4.39 Å². The van der Waals surface area contributed by atoms with Gasteiger partial charge in [0.05, 0.1) is 0 Å². The monoisotopic (exact) mass is 375 g/mol. The van der Waals surface area contributed by atoms with Crippen LogP contribution < -0.4 is 5.32 Å². The van der Waals surface area contributed by atoms with Crippen LogP contribution in [0.4, 0.5) is 10.1 Å². The molecule has 0 bridgehead atoms. The number of benzene rings is 2. The average Bonchev–Trinajstić information content (AvgIpc) is 2.33. The molecule has 4 heteroatoms. The molecule has 2 aromatic carbocycles. The van der Waals surface area contributed by atoms with Gasteiger partial charge in [-0.1, -0.05) is 23.7 Å². The lowest BCUT2D eigenvalue weighted by Gasteiger charge is -2.17. The van der Waals surface area contributed by atoms with Gasteiger partial charge in [-0.05, 0) is 65.4 Å². The van der Waals surface area contributed by atoms with E-state index in [9.17, 15) is 4.39 Å². The molecule has 1 atom stereocenters. The molecule has 0 aliphatic heterocycles. The third-order valence-corrected chi connectivity index (χ3v) is 3.80. The van der Waals surface area contributed by atoms with Crippen molar-refractivity contribution in [2.75, 3.05) is 5.32 Å². The molecular weight excluding hydrogens is 364 g/mol. The molecule has 0 aromatic heterocycles. The smallest absolute Gasteiger partial charge is 0.123 e. The maximum Gasteiger partial charge on any atom is 0.123 e. The second kappa shape index (κ2) is 5.89. The van der Waals surface area contributed by atoms with Crippen LogP contribution in [0.25, 0.3) is 0 Å². The summed E-state index contributed by atoms with van der Waals surface area (Å²) in [5, 5.41) is 4.11. The Bertz CT molecular complexity index is 542. The maximum atomic E-state index is 12.8. The Labute approximate surface area is 124 Å². The van der Waals surface area contributed by atoms with Crippen LogP contribution in [0.5, 0.6) is 0 Å². The minimum absolute atomic E-state index is 0.111. The van der Waals surface area contributed by atoms with Crippen molar-refractivity contribution in [2.24, 2.45) is 0 Å². The Balaban J connectivity index is 2.15. The van der Waals surface area contributed by atoms with Crippen LogP contribution in [0.2, 0.25) is 5.02 Å². The molecule has 1 nitrogen and oxygen atoms in total. The van der Waals surface area contributed by atoms with E-state index in [1.165, 1.54) is 12.1 Å². The summed E-state index contributed by atoms with van der Waals surface area (Å²) in [6.07, 6.45) is 0. The summed E-state index contributed by atoms with van der Waals surface area (Å²) in [6.45, 7) is 2.04. The molecule has 2 aromatic rings. The first-order valence-corrected chi connectivity index (χ1v) is 6.99. The van der Waals surface area contributed by atoms with Gasteiger partial charge in [-0.2, -0.15) is 0 Å². The topological polar surface area (TPSA) is 12.0 Å². The molecule has 0 saturated carbocycles. The van der Waals surface area contributed by atoms with Gasteiger partial charge in [0.1, 0.15) is 5.82 Å². The van der Waals surface area contributed by atoms with Crippen LogP contribution >= 0.6 is 34.2 Å². The Morgan fingerprint density at radius 3 is 2.44 bits per heavy atom. The molecule has 0 aliphatic carbocycles. The average molecular weight is 376 g/mol. The van der Waals surface area contributed by atoms with Crippen LogP contribution in [0.3, 0.4) is 0 Å². The highest BCUT2D eigenvalue weighted by molar-refractivity contribution is 14.1. The van der Waals surface area contributed by atoms with Crippen molar-refractivity contribution in [1.29, 1.82) is 0 Å². The predicted octanol–water partition coefficient (Wildman–Crippen LogP) is 5.26. The van der Waals surface area contributed by atoms with E-state index in [0.29, 0.717) is 0 Å². The van der Waals surface area contributed by atoms with Crippen molar-refractivity contribution in [3.63, 3.8) is 0 Å². The fourth-order valence-corrected chi connectivity index (χ4v) is 2.70. The Kier molecular flexibility index (Phi) is 4.45. The second-order valence-corrected chi connectivity index (χ2v) is 5.64. The van der Waals surface area contributed by atoms with Crippen molar-refractivity contribution >= 4 is 39.9 Å². The minimum Gasteiger partial charge on any atom is -0.378 e. The van der Waals surface area contributed by atoms with Gasteiger partial charge < -0.3 is 5.32 Å². The van der Waals surface area contributed by atoms with Crippen molar-refractivity contribution in [3.8, 4) is 0 Å². The molecule has 0 amide bonds. The van der Waals surface area contributed by atoms with E-state index in [-0.39, 0.29) is 11.9 Å². The summed E-state index contributed by atoms with van der Waals surface area (Å²) in [6, 6.07) is 12.3. The highest BCUT2D eigenvalue weighted by Crippen LogP contribution is 2.26. The third-order valence-electron chi connectivity index (χ3n) is 2.67. The molecule has 0 aliphatic rings. The summed E-state index contributed by atoms with van der Waals surface area (Å²) in [7, 11) is 0. The number of hydrogen-bond donors (Lipinski definition) is 1. The van der Waals surface area contributed by atoms with Crippen molar-refractivity contribution in [2.45, 2.75) is 13.0 Å². The minimum atomic E-state index is -0.216. The molecule has 2 rings (SSSR count). The van der Waals surface area contributed by atoms with E-state index >= 15 is 0 Å². The van der Waals surface area contributed by atoms with Crippen LogP contribution in [0.1, 0.15) is 18.5 Å². The number of rotatable bonds is 3. The van der Waals surface area contributed by atoms with E-state index in [1.54, 1.807) is 12.1 Å². The number of nitrogens with one attached hydrogen (secondary N) is 1. The van der Waals surface area contributed by atoms with Gasteiger partial charge in [0.15, 0.2) is 0 Å². The van der Waals surface area contributed by atoms with Gasteiger partial charge in [-0.3, -0.25) is 0 Å². The standard InChI is InChI=1S/C14H12ClFIN/c1-9(10-2-5-12(16)6-3-10)18-14-7-4-11(15)8-13(14)17/h2-9,18H,1H3. The Hall–Kier alpha value is -0.810. The lowest BCUT2D eigenvalue weighted by atomic mass is 10.1. The molecular formula is C14H12ClFIN. The molecule has 94 valence electrons. The fourth-order valence-electron chi connectivity index (χ4n) is 1.67. The maximum absolute atomic E-state index is 12.8. The first-order chi connectivity index (χ1) is 8.56. The largest absolute Gasteiger partial charge is 0.378 e. The zero-order valence-electron chi connectivity index (χ0n) is 9.75. The van der Waals surface area contributed by atoms with E-state index in [4.69, 9.17) is 11.6 Å². The van der Waals surface area contributed by atoms with Gasteiger partial charge in [0.2, 0.25) is 0 Å².